The van der Waals surface area contributed by atoms with E-state index in [-0.39, 0.29) is 0 Å². The number of anilines is 1. The zero-order valence-electron chi connectivity index (χ0n) is 9.36. The van der Waals surface area contributed by atoms with Crippen molar-refractivity contribution in [1.29, 1.82) is 0 Å². The molecule has 0 saturated heterocycles. The van der Waals surface area contributed by atoms with Crippen molar-refractivity contribution in [3.05, 3.63) is 18.3 Å². The second kappa shape index (κ2) is 4.51. The zero-order chi connectivity index (χ0) is 10.7. The highest BCUT2D eigenvalue weighted by molar-refractivity contribution is 5.45. The lowest BCUT2D eigenvalue weighted by atomic mass is 10.1. The van der Waals surface area contributed by atoms with E-state index in [0.29, 0.717) is 11.9 Å². The van der Waals surface area contributed by atoms with Gasteiger partial charge in [-0.25, -0.2) is 4.98 Å². The number of methoxy groups -OCH3 is 1. The van der Waals surface area contributed by atoms with E-state index in [1.807, 2.05) is 12.1 Å². The molecule has 0 aliphatic heterocycles. The van der Waals surface area contributed by atoms with E-state index in [1.165, 1.54) is 19.3 Å². The minimum Gasteiger partial charge on any atom is -0.481 e. The minimum absolute atomic E-state index is 0.532. The van der Waals surface area contributed by atoms with Crippen LogP contribution in [0.3, 0.4) is 0 Å². The predicted molar refractivity (Wildman–Crippen MR) is 61.2 cm³/mol. The summed E-state index contributed by atoms with van der Waals surface area (Å²) >= 11 is 0. The van der Waals surface area contributed by atoms with Gasteiger partial charge in [0.2, 0.25) is 5.88 Å². The molecule has 1 aromatic rings. The van der Waals surface area contributed by atoms with Gasteiger partial charge in [-0.15, -0.1) is 0 Å². The SMILES string of the molecule is COc1cc(NC(C)CC2CC2)ccn1. The standard InChI is InChI=1S/C12H18N2O/c1-9(7-10-3-4-10)14-11-5-6-13-12(8-11)15-2/h5-6,8-10H,3-4,7H2,1-2H3,(H,13,14). The van der Waals surface area contributed by atoms with Crippen LogP contribution in [0.15, 0.2) is 18.3 Å². The lowest BCUT2D eigenvalue weighted by molar-refractivity contribution is 0.398. The van der Waals surface area contributed by atoms with Crippen LogP contribution in [0.4, 0.5) is 5.69 Å². The summed E-state index contributed by atoms with van der Waals surface area (Å²) in [6.07, 6.45) is 5.85. The lowest BCUT2D eigenvalue weighted by Gasteiger charge is -2.14. The van der Waals surface area contributed by atoms with E-state index in [9.17, 15) is 0 Å². The largest absolute Gasteiger partial charge is 0.481 e. The third kappa shape index (κ3) is 3.11. The van der Waals surface area contributed by atoms with Crippen molar-refractivity contribution in [2.75, 3.05) is 12.4 Å². The first-order valence-electron chi connectivity index (χ1n) is 5.54. The molecule has 1 aliphatic carbocycles. The fraction of sp³-hybridized carbons (Fsp3) is 0.583. The van der Waals surface area contributed by atoms with Gasteiger partial charge < -0.3 is 10.1 Å². The Morgan fingerprint density at radius 3 is 3.07 bits per heavy atom. The zero-order valence-corrected chi connectivity index (χ0v) is 9.36. The maximum absolute atomic E-state index is 5.08. The molecule has 1 atom stereocenters. The Kier molecular flexibility index (Phi) is 3.09. The van der Waals surface area contributed by atoms with E-state index < -0.39 is 0 Å². The lowest BCUT2D eigenvalue weighted by Crippen LogP contribution is -2.15. The molecule has 0 radical (unpaired) electrons. The first kappa shape index (κ1) is 10.3. The highest BCUT2D eigenvalue weighted by Crippen LogP contribution is 2.34. The third-order valence-electron chi connectivity index (χ3n) is 2.74. The van der Waals surface area contributed by atoms with Gasteiger partial charge in [0.15, 0.2) is 0 Å². The number of hydrogen-bond donors (Lipinski definition) is 1. The van der Waals surface area contributed by atoms with Crippen molar-refractivity contribution in [2.45, 2.75) is 32.2 Å². The number of pyridine rings is 1. The summed E-state index contributed by atoms with van der Waals surface area (Å²) in [5, 5.41) is 3.47. The molecule has 1 saturated carbocycles. The molecule has 2 rings (SSSR count). The molecule has 3 nitrogen and oxygen atoms in total. The maximum Gasteiger partial charge on any atom is 0.214 e. The van der Waals surface area contributed by atoms with Gasteiger partial charge in [0, 0.05) is 24.0 Å². The van der Waals surface area contributed by atoms with E-state index >= 15 is 0 Å². The van der Waals surface area contributed by atoms with Crippen LogP contribution in [0.1, 0.15) is 26.2 Å². The molecule has 15 heavy (non-hydrogen) atoms. The Balaban J connectivity index is 1.90. The molecule has 0 spiro atoms. The number of nitrogens with zero attached hydrogens (tertiary/aromatic N) is 1. The summed E-state index contributed by atoms with van der Waals surface area (Å²) in [5.74, 6) is 1.62. The molecule has 0 aromatic carbocycles. The first-order valence-corrected chi connectivity index (χ1v) is 5.54. The highest BCUT2D eigenvalue weighted by Gasteiger charge is 2.23. The number of hydrogen-bond acceptors (Lipinski definition) is 3. The third-order valence-corrected chi connectivity index (χ3v) is 2.74. The second-order valence-electron chi connectivity index (χ2n) is 4.31. The van der Waals surface area contributed by atoms with Gasteiger partial charge >= 0.3 is 0 Å². The van der Waals surface area contributed by atoms with E-state index in [4.69, 9.17) is 4.74 Å². The average Bonchev–Trinajstić information content (AvgIpc) is 3.02. The van der Waals surface area contributed by atoms with Gasteiger partial charge in [0.25, 0.3) is 0 Å². The van der Waals surface area contributed by atoms with Crippen LogP contribution in [-0.2, 0) is 0 Å². The Labute approximate surface area is 90.9 Å². The number of ether oxygens (including phenoxy) is 1. The Morgan fingerprint density at radius 1 is 1.60 bits per heavy atom. The predicted octanol–water partition coefficient (Wildman–Crippen LogP) is 2.69. The summed E-state index contributed by atoms with van der Waals surface area (Å²) in [4.78, 5) is 4.08. The van der Waals surface area contributed by atoms with Crippen LogP contribution in [0.25, 0.3) is 0 Å². The Hall–Kier alpha value is -1.25. The highest BCUT2D eigenvalue weighted by atomic mass is 16.5. The second-order valence-corrected chi connectivity index (χ2v) is 4.31. The molecule has 1 fully saturated rings. The molecule has 3 heteroatoms. The summed E-state index contributed by atoms with van der Waals surface area (Å²) in [6, 6.07) is 4.44. The van der Waals surface area contributed by atoms with Crippen LogP contribution in [-0.4, -0.2) is 18.1 Å². The van der Waals surface area contributed by atoms with Crippen molar-refractivity contribution in [2.24, 2.45) is 5.92 Å². The van der Waals surface area contributed by atoms with Gasteiger partial charge in [-0.1, -0.05) is 12.8 Å². The number of rotatable bonds is 5. The Morgan fingerprint density at radius 2 is 2.40 bits per heavy atom. The van der Waals surface area contributed by atoms with E-state index in [0.717, 1.165) is 11.6 Å². The van der Waals surface area contributed by atoms with Crippen molar-refractivity contribution < 1.29 is 4.74 Å². The normalized spacial score (nSPS) is 17.2. The summed E-state index contributed by atoms with van der Waals surface area (Å²) in [6.45, 7) is 2.23. The first-order chi connectivity index (χ1) is 7.28. The fourth-order valence-electron chi connectivity index (χ4n) is 1.81. The molecule has 1 unspecified atom stereocenters. The van der Waals surface area contributed by atoms with Crippen molar-refractivity contribution in [1.82, 2.24) is 4.98 Å². The minimum atomic E-state index is 0.532. The van der Waals surface area contributed by atoms with Gasteiger partial charge in [0.1, 0.15) is 0 Å². The molecular weight excluding hydrogens is 188 g/mol. The monoisotopic (exact) mass is 206 g/mol. The van der Waals surface area contributed by atoms with Crippen molar-refractivity contribution >= 4 is 5.69 Å². The molecule has 0 bridgehead atoms. The quantitative estimate of drug-likeness (QED) is 0.804. The van der Waals surface area contributed by atoms with Gasteiger partial charge in [0.05, 0.1) is 7.11 Å². The molecule has 1 aliphatic rings. The number of aromatic nitrogens is 1. The molecule has 82 valence electrons. The van der Waals surface area contributed by atoms with E-state index in [2.05, 4.69) is 17.2 Å². The topological polar surface area (TPSA) is 34.1 Å². The molecule has 0 amide bonds. The van der Waals surface area contributed by atoms with Crippen LogP contribution >= 0.6 is 0 Å². The van der Waals surface area contributed by atoms with Gasteiger partial charge in [-0.3, -0.25) is 0 Å². The molecule has 1 aromatic heterocycles. The molecular formula is C12H18N2O. The molecule has 1 N–H and O–H groups in total. The van der Waals surface area contributed by atoms with E-state index in [1.54, 1.807) is 13.3 Å². The summed E-state index contributed by atoms with van der Waals surface area (Å²) in [7, 11) is 1.64. The summed E-state index contributed by atoms with van der Waals surface area (Å²) in [5.41, 5.74) is 1.09. The average molecular weight is 206 g/mol. The Bertz CT molecular complexity index is 323. The van der Waals surface area contributed by atoms with Crippen molar-refractivity contribution in [3.63, 3.8) is 0 Å². The maximum atomic E-state index is 5.08. The van der Waals surface area contributed by atoms with Gasteiger partial charge in [-0.2, -0.15) is 0 Å². The van der Waals surface area contributed by atoms with Gasteiger partial charge in [-0.05, 0) is 25.3 Å². The fourth-order valence-corrected chi connectivity index (χ4v) is 1.81. The van der Waals surface area contributed by atoms with Crippen LogP contribution in [0.5, 0.6) is 5.88 Å². The van der Waals surface area contributed by atoms with Crippen LogP contribution in [0.2, 0.25) is 0 Å². The van der Waals surface area contributed by atoms with Crippen molar-refractivity contribution in [3.8, 4) is 5.88 Å². The smallest absolute Gasteiger partial charge is 0.214 e. The van der Waals surface area contributed by atoms with Crippen LogP contribution < -0.4 is 10.1 Å². The number of nitrogens with one attached hydrogen (secondary N) is 1. The van der Waals surface area contributed by atoms with Crippen LogP contribution in [0, 0.1) is 5.92 Å². The molecule has 1 heterocycles. The summed E-state index contributed by atoms with van der Waals surface area (Å²) < 4.78 is 5.08.